The van der Waals surface area contributed by atoms with Crippen molar-refractivity contribution in [3.63, 3.8) is 0 Å². The Balaban J connectivity index is 0.00000210. The van der Waals surface area contributed by atoms with Crippen molar-refractivity contribution in [3.8, 4) is 0 Å². The van der Waals surface area contributed by atoms with Crippen molar-refractivity contribution in [1.29, 1.82) is 0 Å². The molecular weight excluding hydrogens is 422 g/mol. The number of carbonyl (C=O) groups is 1. The summed E-state index contributed by atoms with van der Waals surface area (Å²) in [6.07, 6.45) is 8.13. The Kier molecular flexibility index (Phi) is 13.0. The first-order valence-corrected chi connectivity index (χ1v) is 10.7. The van der Waals surface area contributed by atoms with Gasteiger partial charge in [-0.2, -0.15) is 0 Å². The van der Waals surface area contributed by atoms with E-state index < -0.39 is 6.86 Å². The van der Waals surface area contributed by atoms with Gasteiger partial charge in [-0.1, -0.05) is 0 Å². The van der Waals surface area contributed by atoms with Crippen molar-refractivity contribution in [3.05, 3.63) is 0 Å². The molecule has 3 aliphatic rings. The van der Waals surface area contributed by atoms with Gasteiger partial charge in [-0.25, -0.2) is 4.39 Å². The highest BCUT2D eigenvalue weighted by atomic mass is 35.5. The third kappa shape index (κ3) is 7.47. The first-order valence-electron chi connectivity index (χ1n) is 10.7. The number of rotatable bonds is 9. The number of alkyl halides is 1. The molecule has 2 heterocycles. The Morgan fingerprint density at radius 3 is 2.34 bits per heavy atom. The van der Waals surface area contributed by atoms with Crippen molar-refractivity contribution >= 4 is 30.8 Å². The smallest absolute Gasteiger partial charge is 0.308 e. The molecular formula is C20H37Cl2FN2O4. The van der Waals surface area contributed by atoms with Crippen molar-refractivity contribution < 1.29 is 23.4 Å². The standard InChI is InChI=1S/C20H35FN2O4.2ClH/c1-2-26-19(24)16-7-9-18(10-8-16)27-20(22-11-3-4-12-22)23-13-5-6-17(23)14-25-15-21;;/h16-18,20H,2-15H2,1H3;2*1H/t16-,17?,18-,20?;;. The first kappa shape index (κ1) is 26.9. The van der Waals surface area contributed by atoms with Gasteiger partial charge in [0.15, 0.2) is 13.2 Å². The lowest BCUT2D eigenvalue weighted by molar-refractivity contribution is -0.192. The number of likely N-dealkylation sites (tertiary alicyclic amines) is 2. The predicted octanol–water partition coefficient (Wildman–Crippen LogP) is 3.76. The molecule has 29 heavy (non-hydrogen) atoms. The van der Waals surface area contributed by atoms with Crippen molar-refractivity contribution in [2.75, 3.05) is 39.7 Å². The van der Waals surface area contributed by atoms with Crippen LogP contribution in [0.1, 0.15) is 58.3 Å². The van der Waals surface area contributed by atoms with E-state index in [1.165, 1.54) is 12.8 Å². The molecule has 3 rings (SSSR count). The molecule has 0 N–H and O–H groups in total. The second-order valence-electron chi connectivity index (χ2n) is 7.94. The number of esters is 1. The molecule has 0 aromatic heterocycles. The highest BCUT2D eigenvalue weighted by molar-refractivity contribution is 5.85. The maximum Gasteiger partial charge on any atom is 0.308 e. The van der Waals surface area contributed by atoms with Gasteiger partial charge in [0, 0.05) is 25.7 Å². The van der Waals surface area contributed by atoms with Crippen molar-refractivity contribution in [2.45, 2.75) is 76.8 Å². The van der Waals surface area contributed by atoms with Crippen LogP contribution in [0.4, 0.5) is 4.39 Å². The van der Waals surface area contributed by atoms with Gasteiger partial charge in [0.25, 0.3) is 0 Å². The van der Waals surface area contributed by atoms with Gasteiger partial charge in [-0.3, -0.25) is 14.6 Å². The molecule has 0 aromatic rings. The van der Waals surface area contributed by atoms with E-state index in [0.29, 0.717) is 13.2 Å². The molecule has 0 aromatic carbocycles. The molecule has 0 spiro atoms. The highest BCUT2D eigenvalue weighted by Gasteiger charge is 2.38. The van der Waals surface area contributed by atoms with E-state index >= 15 is 0 Å². The normalized spacial score (nSPS) is 29.1. The molecule has 2 atom stereocenters. The van der Waals surface area contributed by atoms with Gasteiger partial charge < -0.3 is 14.2 Å². The summed E-state index contributed by atoms with van der Waals surface area (Å²) in [5, 5.41) is 0. The minimum atomic E-state index is -0.725. The predicted molar refractivity (Wildman–Crippen MR) is 114 cm³/mol. The highest BCUT2D eigenvalue weighted by Crippen LogP contribution is 2.32. The van der Waals surface area contributed by atoms with Gasteiger partial charge in [0.05, 0.1) is 25.2 Å². The van der Waals surface area contributed by atoms with E-state index in [2.05, 4.69) is 9.80 Å². The maximum absolute atomic E-state index is 12.5. The number of hydrogen-bond donors (Lipinski definition) is 0. The summed E-state index contributed by atoms with van der Waals surface area (Å²) in [5.74, 6) is -0.0393. The number of carbonyl (C=O) groups excluding carboxylic acids is 1. The van der Waals surface area contributed by atoms with Crippen LogP contribution in [0.2, 0.25) is 0 Å². The quantitative estimate of drug-likeness (QED) is 0.490. The van der Waals surface area contributed by atoms with E-state index in [1.807, 2.05) is 6.92 Å². The van der Waals surface area contributed by atoms with Crippen LogP contribution in [0, 0.1) is 5.92 Å². The molecule has 0 amide bonds. The number of hydrogen-bond acceptors (Lipinski definition) is 6. The SMILES string of the molecule is CCOC(=O)[C@H]1CC[C@H](OC(N2CCCC2)N2CCCC2COCF)CC1.Cl.Cl. The van der Waals surface area contributed by atoms with Crippen LogP contribution in [0.3, 0.4) is 0 Å². The summed E-state index contributed by atoms with van der Waals surface area (Å²) in [4.78, 5) is 16.8. The molecule has 2 aliphatic heterocycles. The van der Waals surface area contributed by atoms with Crippen LogP contribution in [0.5, 0.6) is 0 Å². The van der Waals surface area contributed by atoms with Gasteiger partial charge in [0.2, 0.25) is 0 Å². The molecule has 172 valence electrons. The Bertz CT molecular complexity index is 464. The molecule has 1 saturated carbocycles. The van der Waals surface area contributed by atoms with Gasteiger partial charge in [0.1, 0.15) is 0 Å². The number of nitrogens with zero attached hydrogens (tertiary/aromatic N) is 2. The van der Waals surface area contributed by atoms with Gasteiger partial charge in [-0.05, 0) is 58.3 Å². The first-order chi connectivity index (χ1) is 13.2. The maximum atomic E-state index is 12.5. The van der Waals surface area contributed by atoms with E-state index in [0.717, 1.165) is 58.2 Å². The van der Waals surface area contributed by atoms with E-state index in [4.69, 9.17) is 14.2 Å². The van der Waals surface area contributed by atoms with Crippen molar-refractivity contribution in [1.82, 2.24) is 9.80 Å². The van der Waals surface area contributed by atoms with Crippen LogP contribution >= 0.6 is 24.8 Å². The minimum absolute atomic E-state index is 0. The molecule has 0 radical (unpaired) electrons. The minimum Gasteiger partial charge on any atom is -0.466 e. The summed E-state index contributed by atoms with van der Waals surface area (Å²) in [6, 6.07) is 0.224. The molecule has 9 heteroatoms. The zero-order valence-electron chi connectivity index (χ0n) is 17.4. The zero-order valence-corrected chi connectivity index (χ0v) is 19.1. The second-order valence-corrected chi connectivity index (χ2v) is 7.94. The largest absolute Gasteiger partial charge is 0.466 e. The fourth-order valence-corrected chi connectivity index (χ4v) is 4.71. The molecule has 0 bridgehead atoms. The summed E-state index contributed by atoms with van der Waals surface area (Å²) >= 11 is 0. The van der Waals surface area contributed by atoms with E-state index in [-0.39, 0.29) is 55.2 Å². The summed E-state index contributed by atoms with van der Waals surface area (Å²) < 4.78 is 29.3. The fraction of sp³-hybridized carbons (Fsp3) is 0.950. The zero-order chi connectivity index (χ0) is 19.1. The average molecular weight is 459 g/mol. The Hall–Kier alpha value is -0.180. The van der Waals surface area contributed by atoms with Crippen LogP contribution in [0.15, 0.2) is 0 Å². The summed E-state index contributed by atoms with van der Waals surface area (Å²) in [7, 11) is 0. The number of ether oxygens (including phenoxy) is 3. The van der Waals surface area contributed by atoms with E-state index in [9.17, 15) is 9.18 Å². The topological polar surface area (TPSA) is 51.2 Å². The summed E-state index contributed by atoms with van der Waals surface area (Å²) in [5.41, 5.74) is 0. The van der Waals surface area contributed by atoms with Gasteiger partial charge in [-0.15, -0.1) is 24.8 Å². The van der Waals surface area contributed by atoms with Crippen LogP contribution in [-0.2, 0) is 19.0 Å². The van der Waals surface area contributed by atoms with E-state index in [1.54, 1.807) is 0 Å². The molecule has 6 nitrogen and oxygen atoms in total. The third-order valence-electron chi connectivity index (χ3n) is 6.16. The summed E-state index contributed by atoms with van der Waals surface area (Å²) in [6.45, 7) is 5.08. The van der Waals surface area contributed by atoms with Crippen LogP contribution in [0.25, 0.3) is 0 Å². The third-order valence-corrected chi connectivity index (χ3v) is 6.16. The van der Waals surface area contributed by atoms with Crippen molar-refractivity contribution in [2.24, 2.45) is 5.92 Å². The molecule has 1 aliphatic carbocycles. The average Bonchev–Trinajstić information content (AvgIpc) is 3.37. The Morgan fingerprint density at radius 2 is 1.72 bits per heavy atom. The lowest BCUT2D eigenvalue weighted by atomic mass is 9.87. The Morgan fingerprint density at radius 1 is 1.03 bits per heavy atom. The monoisotopic (exact) mass is 458 g/mol. The van der Waals surface area contributed by atoms with Crippen LogP contribution < -0.4 is 0 Å². The molecule has 3 fully saturated rings. The van der Waals surface area contributed by atoms with Gasteiger partial charge >= 0.3 is 5.97 Å². The number of halogens is 3. The lowest BCUT2D eigenvalue weighted by Crippen LogP contribution is -2.53. The lowest BCUT2D eigenvalue weighted by Gasteiger charge is -2.41. The molecule has 2 unspecified atom stereocenters. The fourth-order valence-electron chi connectivity index (χ4n) is 4.71. The Labute approximate surface area is 186 Å². The molecule has 2 saturated heterocycles. The second kappa shape index (κ2) is 14.0. The van der Waals surface area contributed by atoms with Crippen LogP contribution in [-0.4, -0.2) is 74.0 Å².